The predicted octanol–water partition coefficient (Wildman–Crippen LogP) is -8.39. The number of carbonyl (C=O) groups excluding carboxylic acids is 16. The average molecular weight is 1720 g/mol. The summed E-state index contributed by atoms with van der Waals surface area (Å²) in [4.78, 5) is 267. The van der Waals surface area contributed by atoms with Crippen LogP contribution in [0.3, 0.4) is 0 Å². The highest BCUT2D eigenvalue weighted by atomic mass is 33.1. The molecule has 4 fully saturated rings. The summed E-state index contributed by atoms with van der Waals surface area (Å²) < 4.78 is 0. The molecule has 642 valence electrons. The van der Waals surface area contributed by atoms with Gasteiger partial charge in [0.1, 0.15) is 90.6 Å². The number of carboxylic acid groups (broad SMARTS) is 1. The molecule has 49 heteroatoms. The van der Waals surface area contributed by atoms with Crippen LogP contribution in [0.5, 0.6) is 0 Å². The van der Waals surface area contributed by atoms with Crippen molar-refractivity contribution in [2.45, 2.75) is 195 Å². The summed E-state index contributed by atoms with van der Waals surface area (Å²) in [7, 11) is 3.33. The van der Waals surface area contributed by atoms with E-state index in [1.165, 1.54) is 56.3 Å². The van der Waals surface area contributed by atoms with Gasteiger partial charge in [0, 0.05) is 104 Å². The van der Waals surface area contributed by atoms with Gasteiger partial charge in [0.2, 0.25) is 94.5 Å². The zero-order valence-corrected chi connectivity index (χ0v) is 67.8. The SMILES string of the molecule is CC(C)C[C@@H]1NC(=O)[C@H](C)NC(=O)[C@@H]2CCCN2C(=O)[C@H](CCC(=O)O)NC(=O)[C@H](CCCNC(=N)N)NC(=O)[C@H](C)NC(=O)[C@H](Cc2cnc[nH]2)NC(=O)[C@@H]2CSSC[C@H](NC(=O)CN)C(=O)N[C@@H](CSSC[C@@H](C(N)=O)NC1=O)C(=O)N[C@@H](CO)C(=O)N[C@@H](Cc1cnc[nH]1)C(=O)N1CCC[C@H]1C(=O)N[C@@H](Cc1cnc[nH]1)C(=O)N2. The number of aliphatic hydroxyl groups is 1. The van der Waals surface area contributed by atoms with Crippen molar-refractivity contribution in [2.24, 2.45) is 23.1 Å². The van der Waals surface area contributed by atoms with Crippen LogP contribution in [-0.4, -0.2) is 303 Å². The average Bonchev–Trinajstić information content (AvgIpc) is 1.73. The first-order chi connectivity index (χ1) is 55.7. The van der Waals surface area contributed by atoms with Crippen LogP contribution in [0.2, 0.25) is 0 Å². The molecular weight excluding hydrogens is 1610 g/mol. The number of carboxylic acids is 1. The molecule has 0 aliphatic carbocycles. The molecule has 0 spiro atoms. The monoisotopic (exact) mass is 1710 g/mol. The van der Waals surface area contributed by atoms with Gasteiger partial charge in [0.25, 0.3) is 0 Å². The fourth-order valence-corrected chi connectivity index (χ4v) is 17.3. The Hall–Kier alpha value is -10.8. The molecule has 3 aromatic heterocycles. The third-order valence-electron chi connectivity index (χ3n) is 18.9. The number of primary amides is 1. The maximum absolute atomic E-state index is 15.2. The molecule has 16 amide bonds. The van der Waals surface area contributed by atoms with Crippen molar-refractivity contribution in [3.63, 3.8) is 0 Å². The lowest BCUT2D eigenvalue weighted by molar-refractivity contribution is -0.143. The quantitative estimate of drug-likeness (QED) is 0.0229. The Bertz CT molecular complexity index is 4000. The van der Waals surface area contributed by atoms with Gasteiger partial charge < -0.3 is 127 Å². The van der Waals surface area contributed by atoms with Gasteiger partial charge in [0.05, 0.1) is 32.1 Å². The number of guanidine groups is 1. The van der Waals surface area contributed by atoms with Crippen LogP contribution in [-0.2, 0) is 101 Å². The van der Waals surface area contributed by atoms with E-state index in [4.69, 9.17) is 22.6 Å². The van der Waals surface area contributed by atoms with Crippen molar-refractivity contribution in [1.82, 2.24) is 114 Å². The van der Waals surface area contributed by atoms with Crippen LogP contribution in [0.1, 0.15) is 103 Å². The van der Waals surface area contributed by atoms with Crippen LogP contribution in [0, 0.1) is 11.3 Å². The molecule has 0 aromatic carbocycles. The molecule has 0 radical (unpaired) electrons. The lowest BCUT2D eigenvalue weighted by Gasteiger charge is -2.31. The summed E-state index contributed by atoms with van der Waals surface area (Å²) >= 11 is 0. The largest absolute Gasteiger partial charge is 0.481 e. The minimum absolute atomic E-state index is 0.00938. The Balaban J connectivity index is 1.32. The zero-order chi connectivity index (χ0) is 85.6. The Morgan fingerprint density at radius 2 is 0.949 bits per heavy atom. The second kappa shape index (κ2) is 46.2. The van der Waals surface area contributed by atoms with Crippen LogP contribution < -0.4 is 91.6 Å². The van der Waals surface area contributed by atoms with Gasteiger partial charge in [-0.25, -0.2) is 15.0 Å². The van der Waals surface area contributed by atoms with E-state index in [0.29, 0.717) is 11.4 Å². The van der Waals surface area contributed by atoms with Gasteiger partial charge in [-0.05, 0) is 71.1 Å². The maximum atomic E-state index is 15.2. The number of hydrogen-bond donors (Lipinski definition) is 23. The van der Waals surface area contributed by atoms with Gasteiger partial charge in [0.15, 0.2) is 5.96 Å². The Kier molecular flexibility index (Phi) is 36.9. The molecule has 3 aromatic rings. The topological polar surface area (TPSA) is 693 Å². The molecule has 4 aliphatic rings. The third-order valence-corrected chi connectivity index (χ3v) is 23.7. The number of aliphatic carboxylic acids is 1. The highest BCUT2D eigenvalue weighted by Gasteiger charge is 2.44. The molecule has 7 heterocycles. The number of nitrogens with one attached hydrogen (secondary N) is 18. The Labute approximate surface area is 686 Å². The van der Waals surface area contributed by atoms with Crippen molar-refractivity contribution >= 4 is 150 Å². The number of aromatic amines is 3. The van der Waals surface area contributed by atoms with E-state index >= 15 is 9.59 Å². The van der Waals surface area contributed by atoms with E-state index in [1.54, 1.807) is 13.8 Å². The second-order valence-electron chi connectivity index (χ2n) is 28.4. The van der Waals surface area contributed by atoms with Gasteiger partial charge in [-0.15, -0.1) is 0 Å². The number of rotatable bonds is 19. The fourth-order valence-electron chi connectivity index (χ4n) is 12.7. The number of amides is 16. The van der Waals surface area contributed by atoms with Crippen molar-refractivity contribution in [3.8, 4) is 0 Å². The van der Waals surface area contributed by atoms with Crippen molar-refractivity contribution in [3.05, 3.63) is 54.7 Å². The molecule has 45 nitrogen and oxygen atoms in total. The van der Waals surface area contributed by atoms with Crippen LogP contribution in [0.15, 0.2) is 37.6 Å². The normalized spacial score (nSPS) is 27.2. The van der Waals surface area contributed by atoms with E-state index in [2.05, 4.69) is 104 Å². The summed E-state index contributed by atoms with van der Waals surface area (Å²) in [5.41, 5.74) is 17.9. The Morgan fingerprint density at radius 3 is 1.45 bits per heavy atom. The lowest BCUT2D eigenvalue weighted by Crippen LogP contribution is -2.61. The highest BCUT2D eigenvalue weighted by Crippen LogP contribution is 2.27. The van der Waals surface area contributed by atoms with E-state index in [9.17, 15) is 82.1 Å². The molecule has 117 heavy (non-hydrogen) atoms. The molecule has 4 saturated heterocycles. The lowest BCUT2D eigenvalue weighted by atomic mass is 10.0. The van der Waals surface area contributed by atoms with Crippen molar-refractivity contribution < 1.29 is 91.7 Å². The second-order valence-corrected chi connectivity index (χ2v) is 33.5. The van der Waals surface area contributed by atoms with Crippen LogP contribution in [0.25, 0.3) is 0 Å². The number of hydrogen-bond acceptors (Lipinski definition) is 27. The Morgan fingerprint density at radius 1 is 0.521 bits per heavy atom. The number of nitrogens with two attached hydrogens (primary N) is 3. The minimum atomic E-state index is -1.88. The van der Waals surface area contributed by atoms with E-state index < -0.39 is 240 Å². The molecule has 4 aliphatic heterocycles. The van der Waals surface area contributed by atoms with E-state index in [-0.39, 0.29) is 101 Å². The van der Waals surface area contributed by atoms with E-state index in [1.807, 2.05) is 0 Å². The number of imidazole rings is 3. The molecule has 15 atom stereocenters. The van der Waals surface area contributed by atoms with Crippen LogP contribution >= 0.6 is 43.2 Å². The highest BCUT2D eigenvalue weighted by molar-refractivity contribution is 8.77. The number of carbonyl (C=O) groups is 17. The number of aromatic nitrogens is 6. The summed E-state index contributed by atoms with van der Waals surface area (Å²) in [6.07, 6.45) is 5.85. The predicted molar refractivity (Wildman–Crippen MR) is 423 cm³/mol. The standard InChI is InChI=1S/C68H102N26O19S4/c1-32(2)16-40-58(104)90-45(53(70)99)25-114-116-28-48-63(109)89-44(24-95)60(106)88-43(19-37-23-75-31-79-37)67(113)94-15-7-10-50(94)65(111)87-42(18-36-22-74-30-78-36)59(105)91-47(27-117-115-26-46(61(107)92-48)82-51(96)20-69)62(108)86-41(17-35-21-73-29-77-35)57(103)80-33(3)54(100)83-38(8-5-13-76-68(71)72)56(102)84-39(11-12-52(97)98)66(112)93-14-6-9-49(93)64(110)81-34(4)55(101)85-40/h21-23,29-34,38-50,95H,5-20,24-28,69H2,1-4H3,(H2,70,99)(H,73,77)(H,74,78)(H,75,79)(H,80,103)(H,81,110)(H,82,96)(H,83,100)(H,84,102)(H,85,101)(H,86,108)(H,87,111)(H,88,106)(H,89,109)(H,90,104)(H,91,105)(H,92,107)(H,97,98)(H4,71,72,76)/t33-,34-,38-,39-,40-,41-,42-,43-,44-,45-,46-,47-,48-,49-,50-/m0/s1. The molecule has 0 unspecified atom stereocenters. The first-order valence-corrected chi connectivity index (χ1v) is 42.6. The fraction of sp³-hybridized carbons (Fsp3) is 0.603. The molecule has 0 saturated carbocycles. The first-order valence-electron chi connectivity index (χ1n) is 37.6. The minimum Gasteiger partial charge on any atom is -0.481 e. The van der Waals surface area contributed by atoms with Gasteiger partial charge >= 0.3 is 5.97 Å². The first kappa shape index (κ1) is 93.4. The smallest absolute Gasteiger partial charge is 0.303 e. The van der Waals surface area contributed by atoms with Crippen molar-refractivity contribution in [2.75, 3.05) is 55.8 Å². The van der Waals surface area contributed by atoms with Crippen molar-refractivity contribution in [1.29, 1.82) is 5.41 Å². The van der Waals surface area contributed by atoms with Gasteiger partial charge in [-0.1, -0.05) is 57.0 Å². The summed E-state index contributed by atoms with van der Waals surface area (Å²) in [6, 6.07) is -23.6. The third kappa shape index (κ3) is 29.1. The summed E-state index contributed by atoms with van der Waals surface area (Å²) in [6.45, 7) is 3.98. The molecule has 26 N–H and O–H groups in total. The summed E-state index contributed by atoms with van der Waals surface area (Å²) in [5, 5.41) is 64.2. The molecule has 7 rings (SSSR count). The number of aliphatic hydroxyl groups excluding tert-OH is 1. The van der Waals surface area contributed by atoms with E-state index in [0.717, 1.165) is 48.1 Å². The number of fused-ring (bicyclic) bond motifs is 10. The zero-order valence-electron chi connectivity index (χ0n) is 64.5. The maximum Gasteiger partial charge on any atom is 0.303 e. The van der Waals surface area contributed by atoms with Crippen LogP contribution in [0.4, 0.5) is 0 Å². The van der Waals surface area contributed by atoms with Gasteiger partial charge in [-0.2, -0.15) is 0 Å². The van der Waals surface area contributed by atoms with Gasteiger partial charge in [-0.3, -0.25) is 86.9 Å². The molecular formula is C68H102N26O19S4. The number of nitrogens with zero attached hydrogens (tertiary/aromatic N) is 5. The number of H-pyrrole nitrogens is 3. The molecule has 2 bridgehead atoms. The summed E-state index contributed by atoms with van der Waals surface area (Å²) in [5.74, 6) is -19.6.